The average Bonchev–Trinajstić information content (AvgIpc) is 3.26. The van der Waals surface area contributed by atoms with Crippen molar-refractivity contribution in [3.63, 3.8) is 0 Å². The van der Waals surface area contributed by atoms with Crippen molar-refractivity contribution in [3.05, 3.63) is 120 Å². The first-order chi connectivity index (χ1) is 17.6. The van der Waals surface area contributed by atoms with Crippen molar-refractivity contribution < 1.29 is 9.18 Å². The van der Waals surface area contributed by atoms with E-state index in [4.69, 9.17) is 4.98 Å². The molecule has 5 aromatic rings. The molecule has 0 bridgehead atoms. The van der Waals surface area contributed by atoms with Crippen LogP contribution in [0.4, 0.5) is 4.39 Å². The number of hydrogen-bond donors (Lipinski definition) is 0. The predicted octanol–water partition coefficient (Wildman–Crippen LogP) is 6.49. The SMILES string of the molecule is CCCn1c(CN(Cc2ccc(F)cc2)C(=O)c2ccccc2-c2ccccc2)nc2cccnc21. The molecule has 0 fully saturated rings. The molecule has 0 unspecified atom stereocenters. The van der Waals surface area contributed by atoms with E-state index in [0.29, 0.717) is 18.7 Å². The van der Waals surface area contributed by atoms with Gasteiger partial charge in [-0.25, -0.2) is 14.4 Å². The van der Waals surface area contributed by atoms with Crippen LogP contribution in [-0.2, 0) is 19.6 Å². The van der Waals surface area contributed by atoms with Crippen LogP contribution in [0.2, 0.25) is 0 Å². The molecule has 0 atom stereocenters. The zero-order chi connectivity index (χ0) is 24.9. The molecule has 6 heteroatoms. The summed E-state index contributed by atoms with van der Waals surface area (Å²) in [5.41, 5.74) is 4.93. The minimum absolute atomic E-state index is 0.109. The highest BCUT2D eigenvalue weighted by Gasteiger charge is 2.23. The van der Waals surface area contributed by atoms with E-state index in [1.165, 1.54) is 12.1 Å². The van der Waals surface area contributed by atoms with Gasteiger partial charge in [-0.1, -0.05) is 67.6 Å². The van der Waals surface area contributed by atoms with Gasteiger partial charge in [0.1, 0.15) is 17.2 Å². The Bertz CT molecular complexity index is 1480. The van der Waals surface area contributed by atoms with Gasteiger partial charge in [0.15, 0.2) is 5.65 Å². The van der Waals surface area contributed by atoms with Crippen LogP contribution in [0.1, 0.15) is 35.1 Å². The Morgan fingerprint density at radius 1 is 0.889 bits per heavy atom. The van der Waals surface area contributed by atoms with Gasteiger partial charge >= 0.3 is 0 Å². The lowest BCUT2D eigenvalue weighted by Crippen LogP contribution is -2.32. The maximum Gasteiger partial charge on any atom is 0.255 e. The van der Waals surface area contributed by atoms with E-state index in [2.05, 4.69) is 16.5 Å². The maximum atomic E-state index is 14.1. The number of rotatable bonds is 8. The number of halogens is 1. The van der Waals surface area contributed by atoms with Crippen molar-refractivity contribution in [3.8, 4) is 11.1 Å². The first-order valence-electron chi connectivity index (χ1n) is 12.1. The molecule has 180 valence electrons. The summed E-state index contributed by atoms with van der Waals surface area (Å²) in [6.45, 7) is 3.48. The number of imidazole rings is 1. The number of fused-ring (bicyclic) bond motifs is 1. The maximum absolute atomic E-state index is 14.1. The molecule has 0 radical (unpaired) electrons. The summed E-state index contributed by atoms with van der Waals surface area (Å²) in [5, 5.41) is 0. The smallest absolute Gasteiger partial charge is 0.255 e. The molecule has 2 aromatic heterocycles. The number of amides is 1. The first-order valence-corrected chi connectivity index (χ1v) is 12.1. The van der Waals surface area contributed by atoms with Crippen LogP contribution in [0.5, 0.6) is 0 Å². The number of aryl methyl sites for hydroxylation is 1. The van der Waals surface area contributed by atoms with E-state index >= 15 is 0 Å². The van der Waals surface area contributed by atoms with E-state index in [1.54, 1.807) is 23.2 Å². The molecular weight excluding hydrogens is 451 g/mol. The number of hydrogen-bond acceptors (Lipinski definition) is 3. The van der Waals surface area contributed by atoms with Gasteiger partial charge in [0.2, 0.25) is 0 Å². The number of carbonyl (C=O) groups excluding carboxylic acids is 1. The van der Waals surface area contributed by atoms with Gasteiger partial charge in [-0.05, 0) is 53.4 Å². The largest absolute Gasteiger partial charge is 0.327 e. The second-order valence-electron chi connectivity index (χ2n) is 8.73. The quantitative estimate of drug-likeness (QED) is 0.256. The molecule has 1 amide bonds. The molecular formula is C30H27FN4O. The fourth-order valence-corrected chi connectivity index (χ4v) is 4.47. The van der Waals surface area contributed by atoms with Gasteiger partial charge in [0, 0.05) is 24.8 Å². The minimum atomic E-state index is -0.304. The van der Waals surface area contributed by atoms with Crippen molar-refractivity contribution in [1.29, 1.82) is 0 Å². The van der Waals surface area contributed by atoms with Crippen LogP contribution < -0.4 is 0 Å². The monoisotopic (exact) mass is 478 g/mol. The summed E-state index contributed by atoms with van der Waals surface area (Å²) >= 11 is 0. The van der Waals surface area contributed by atoms with Gasteiger partial charge in [0.25, 0.3) is 5.91 Å². The second-order valence-corrected chi connectivity index (χ2v) is 8.73. The molecule has 0 saturated heterocycles. The number of aromatic nitrogens is 3. The Morgan fingerprint density at radius 3 is 2.42 bits per heavy atom. The van der Waals surface area contributed by atoms with E-state index in [-0.39, 0.29) is 11.7 Å². The Kier molecular flexibility index (Phi) is 6.85. The van der Waals surface area contributed by atoms with Crippen LogP contribution >= 0.6 is 0 Å². The van der Waals surface area contributed by atoms with Crippen molar-refractivity contribution >= 4 is 17.1 Å². The van der Waals surface area contributed by atoms with Crippen molar-refractivity contribution in [2.45, 2.75) is 33.0 Å². The highest BCUT2D eigenvalue weighted by molar-refractivity contribution is 6.00. The molecule has 5 nitrogen and oxygen atoms in total. The van der Waals surface area contributed by atoms with Gasteiger partial charge in [-0.3, -0.25) is 4.79 Å². The zero-order valence-corrected chi connectivity index (χ0v) is 20.1. The Balaban J connectivity index is 1.57. The number of carbonyl (C=O) groups is 1. The van der Waals surface area contributed by atoms with Crippen molar-refractivity contribution in [2.75, 3.05) is 0 Å². The van der Waals surface area contributed by atoms with Gasteiger partial charge < -0.3 is 9.47 Å². The van der Waals surface area contributed by atoms with Gasteiger partial charge in [0.05, 0.1) is 6.54 Å². The zero-order valence-electron chi connectivity index (χ0n) is 20.1. The molecule has 0 aliphatic carbocycles. The fraction of sp³-hybridized carbons (Fsp3) is 0.167. The van der Waals surface area contributed by atoms with E-state index in [9.17, 15) is 9.18 Å². The minimum Gasteiger partial charge on any atom is -0.327 e. The van der Waals surface area contributed by atoms with E-state index in [1.807, 2.05) is 66.7 Å². The number of pyridine rings is 1. The topological polar surface area (TPSA) is 51.0 Å². The van der Waals surface area contributed by atoms with Crippen LogP contribution in [0.25, 0.3) is 22.3 Å². The number of nitrogens with zero attached hydrogens (tertiary/aromatic N) is 4. The molecule has 0 aliphatic heterocycles. The molecule has 36 heavy (non-hydrogen) atoms. The molecule has 0 aliphatic rings. The molecule has 2 heterocycles. The highest BCUT2D eigenvalue weighted by Crippen LogP contribution is 2.26. The van der Waals surface area contributed by atoms with Crippen LogP contribution in [-0.4, -0.2) is 25.3 Å². The summed E-state index contributed by atoms with van der Waals surface area (Å²) in [5.74, 6) is 0.363. The summed E-state index contributed by atoms with van der Waals surface area (Å²) in [6, 6.07) is 27.6. The van der Waals surface area contributed by atoms with Crippen molar-refractivity contribution in [1.82, 2.24) is 19.4 Å². The average molecular weight is 479 g/mol. The summed E-state index contributed by atoms with van der Waals surface area (Å²) in [7, 11) is 0. The lowest BCUT2D eigenvalue weighted by molar-refractivity contribution is 0.0724. The number of benzene rings is 3. The normalized spacial score (nSPS) is 11.1. The van der Waals surface area contributed by atoms with E-state index < -0.39 is 0 Å². The predicted molar refractivity (Wildman–Crippen MR) is 140 cm³/mol. The van der Waals surface area contributed by atoms with Gasteiger partial charge in [-0.2, -0.15) is 0 Å². The lowest BCUT2D eigenvalue weighted by Gasteiger charge is -2.24. The van der Waals surface area contributed by atoms with Crippen LogP contribution in [0, 0.1) is 5.82 Å². The standard InChI is InChI=1S/C30H27FN4O/c1-2-19-35-28(33-27-13-8-18-32-29(27)35)21-34(20-22-14-16-24(31)17-15-22)30(36)26-12-7-6-11-25(26)23-9-4-3-5-10-23/h3-18H,2,19-21H2,1H3. The summed E-state index contributed by atoms with van der Waals surface area (Å²) in [4.78, 5) is 25.2. The van der Waals surface area contributed by atoms with E-state index in [0.717, 1.165) is 46.6 Å². The molecule has 0 N–H and O–H groups in total. The fourth-order valence-electron chi connectivity index (χ4n) is 4.47. The van der Waals surface area contributed by atoms with Crippen LogP contribution in [0.15, 0.2) is 97.2 Å². The molecule has 5 rings (SSSR count). The molecule has 0 saturated carbocycles. The molecule has 3 aromatic carbocycles. The Labute approximate surface area is 209 Å². The van der Waals surface area contributed by atoms with Crippen molar-refractivity contribution in [2.24, 2.45) is 0 Å². The third-order valence-electron chi connectivity index (χ3n) is 6.18. The third kappa shape index (κ3) is 4.89. The second kappa shape index (κ2) is 10.5. The lowest BCUT2D eigenvalue weighted by atomic mass is 9.98. The highest BCUT2D eigenvalue weighted by atomic mass is 19.1. The Hall–Kier alpha value is -4.32. The molecule has 0 spiro atoms. The van der Waals surface area contributed by atoms with Gasteiger partial charge in [-0.15, -0.1) is 0 Å². The first kappa shape index (κ1) is 23.4. The summed E-state index contributed by atoms with van der Waals surface area (Å²) in [6.07, 6.45) is 2.68. The third-order valence-corrected chi connectivity index (χ3v) is 6.18. The Morgan fingerprint density at radius 2 is 1.64 bits per heavy atom. The summed E-state index contributed by atoms with van der Waals surface area (Å²) < 4.78 is 15.7. The van der Waals surface area contributed by atoms with Crippen LogP contribution in [0.3, 0.4) is 0 Å².